The number of nitrogens with two attached hydrogens (primary N) is 1. The standard InChI is InChI=1S/C7H13N3/c1-10-6-5-9-7(10)3-2-4-8/h5-6H,2-4,8H2,1H3. The minimum Gasteiger partial charge on any atom is -0.338 e. The van der Waals surface area contributed by atoms with Gasteiger partial charge in [-0.2, -0.15) is 0 Å². The van der Waals surface area contributed by atoms with Crippen LogP contribution in [0.4, 0.5) is 0 Å². The van der Waals surface area contributed by atoms with Crippen LogP contribution in [-0.4, -0.2) is 16.1 Å². The Hall–Kier alpha value is -0.830. The van der Waals surface area contributed by atoms with Crippen LogP contribution in [0, 0.1) is 0 Å². The predicted molar refractivity (Wildman–Crippen MR) is 40.6 cm³/mol. The van der Waals surface area contributed by atoms with Gasteiger partial charge in [-0.05, 0) is 13.0 Å². The van der Waals surface area contributed by atoms with E-state index in [1.165, 1.54) is 0 Å². The Morgan fingerprint density at radius 3 is 3.00 bits per heavy atom. The van der Waals surface area contributed by atoms with Crippen molar-refractivity contribution >= 4 is 0 Å². The highest BCUT2D eigenvalue weighted by Crippen LogP contribution is 1.96. The molecule has 0 aliphatic carbocycles. The summed E-state index contributed by atoms with van der Waals surface area (Å²) in [4.78, 5) is 4.16. The third-order valence-electron chi connectivity index (χ3n) is 1.53. The molecule has 1 aromatic rings. The number of nitrogens with zero attached hydrogens (tertiary/aromatic N) is 2. The van der Waals surface area contributed by atoms with Crippen LogP contribution in [0.15, 0.2) is 12.4 Å². The number of hydrogen-bond acceptors (Lipinski definition) is 2. The van der Waals surface area contributed by atoms with Crippen LogP contribution in [0.1, 0.15) is 12.2 Å². The van der Waals surface area contributed by atoms with Crippen LogP contribution in [0.2, 0.25) is 0 Å². The van der Waals surface area contributed by atoms with Gasteiger partial charge in [0.2, 0.25) is 0 Å². The van der Waals surface area contributed by atoms with Gasteiger partial charge in [0.1, 0.15) is 5.82 Å². The zero-order valence-corrected chi connectivity index (χ0v) is 6.25. The van der Waals surface area contributed by atoms with Gasteiger partial charge in [-0.3, -0.25) is 0 Å². The molecule has 10 heavy (non-hydrogen) atoms. The van der Waals surface area contributed by atoms with Crippen LogP contribution >= 0.6 is 0 Å². The minimum absolute atomic E-state index is 0.743. The van der Waals surface area contributed by atoms with Gasteiger partial charge in [-0.1, -0.05) is 0 Å². The Labute approximate surface area is 60.9 Å². The van der Waals surface area contributed by atoms with E-state index in [-0.39, 0.29) is 0 Å². The molecule has 1 aromatic heterocycles. The SMILES string of the molecule is Cn1ccnc1CCCN. The van der Waals surface area contributed by atoms with Crippen molar-refractivity contribution in [3.63, 3.8) is 0 Å². The molecule has 0 amide bonds. The summed E-state index contributed by atoms with van der Waals surface area (Å²) in [6, 6.07) is 0. The van der Waals surface area contributed by atoms with Gasteiger partial charge in [-0.25, -0.2) is 4.98 Å². The Balaban J connectivity index is 2.49. The average Bonchev–Trinajstić information content (AvgIpc) is 2.31. The molecule has 0 aliphatic rings. The first-order chi connectivity index (χ1) is 4.84. The topological polar surface area (TPSA) is 43.8 Å². The zero-order valence-electron chi connectivity index (χ0n) is 6.25. The number of rotatable bonds is 3. The van der Waals surface area contributed by atoms with Crippen LogP contribution in [0.3, 0.4) is 0 Å². The summed E-state index contributed by atoms with van der Waals surface area (Å²) in [5.74, 6) is 1.12. The van der Waals surface area contributed by atoms with E-state index in [1.54, 1.807) is 0 Å². The quantitative estimate of drug-likeness (QED) is 0.655. The van der Waals surface area contributed by atoms with E-state index in [0.29, 0.717) is 0 Å². The fraction of sp³-hybridized carbons (Fsp3) is 0.571. The number of aryl methyl sites for hydroxylation is 2. The highest BCUT2D eigenvalue weighted by atomic mass is 15.0. The number of hydrogen-bond donors (Lipinski definition) is 1. The first-order valence-corrected chi connectivity index (χ1v) is 3.51. The Bertz CT molecular complexity index is 192. The highest BCUT2D eigenvalue weighted by molar-refractivity contribution is 4.90. The van der Waals surface area contributed by atoms with E-state index in [4.69, 9.17) is 5.73 Å². The van der Waals surface area contributed by atoms with Gasteiger partial charge in [0.15, 0.2) is 0 Å². The van der Waals surface area contributed by atoms with E-state index >= 15 is 0 Å². The third-order valence-corrected chi connectivity index (χ3v) is 1.53. The van der Waals surface area contributed by atoms with Gasteiger partial charge < -0.3 is 10.3 Å². The first kappa shape index (κ1) is 7.28. The van der Waals surface area contributed by atoms with E-state index in [2.05, 4.69) is 4.98 Å². The van der Waals surface area contributed by atoms with Crippen molar-refractivity contribution in [2.45, 2.75) is 12.8 Å². The summed E-state index contributed by atoms with van der Waals surface area (Å²) in [5, 5.41) is 0. The molecule has 0 saturated heterocycles. The predicted octanol–water partition coefficient (Wildman–Crippen LogP) is 0.311. The Morgan fingerprint density at radius 1 is 1.70 bits per heavy atom. The average molecular weight is 139 g/mol. The van der Waals surface area contributed by atoms with Gasteiger partial charge in [0, 0.05) is 25.9 Å². The molecule has 0 unspecified atom stereocenters. The largest absolute Gasteiger partial charge is 0.338 e. The van der Waals surface area contributed by atoms with E-state index < -0.39 is 0 Å². The first-order valence-electron chi connectivity index (χ1n) is 3.51. The van der Waals surface area contributed by atoms with Crippen molar-refractivity contribution < 1.29 is 0 Å². The number of imidazole rings is 1. The lowest BCUT2D eigenvalue weighted by molar-refractivity contribution is 0.731. The van der Waals surface area contributed by atoms with Crippen molar-refractivity contribution in [1.82, 2.24) is 9.55 Å². The maximum absolute atomic E-state index is 5.36. The van der Waals surface area contributed by atoms with Crippen molar-refractivity contribution in [2.75, 3.05) is 6.54 Å². The maximum Gasteiger partial charge on any atom is 0.108 e. The van der Waals surface area contributed by atoms with Crippen LogP contribution in [0.5, 0.6) is 0 Å². The molecule has 1 heterocycles. The molecule has 0 fully saturated rings. The summed E-state index contributed by atoms with van der Waals surface area (Å²) in [5.41, 5.74) is 5.36. The molecule has 56 valence electrons. The molecule has 0 atom stereocenters. The fourth-order valence-corrected chi connectivity index (χ4v) is 0.898. The van der Waals surface area contributed by atoms with E-state index in [0.717, 1.165) is 25.2 Å². The minimum atomic E-state index is 0.743. The van der Waals surface area contributed by atoms with Crippen LogP contribution in [-0.2, 0) is 13.5 Å². The van der Waals surface area contributed by atoms with E-state index in [9.17, 15) is 0 Å². The summed E-state index contributed by atoms with van der Waals surface area (Å²) in [7, 11) is 2.00. The third kappa shape index (κ3) is 1.57. The second-order valence-corrected chi connectivity index (χ2v) is 2.35. The molecule has 0 spiro atoms. The molecular weight excluding hydrogens is 126 g/mol. The zero-order chi connectivity index (χ0) is 7.40. The Kier molecular flexibility index (Phi) is 2.45. The second-order valence-electron chi connectivity index (χ2n) is 2.35. The normalized spacial score (nSPS) is 10.2. The molecule has 0 bridgehead atoms. The van der Waals surface area contributed by atoms with Crippen molar-refractivity contribution in [1.29, 1.82) is 0 Å². The summed E-state index contributed by atoms with van der Waals surface area (Å²) < 4.78 is 2.02. The molecular formula is C7H13N3. The molecule has 0 saturated carbocycles. The molecule has 0 radical (unpaired) electrons. The number of aromatic nitrogens is 2. The molecule has 0 aromatic carbocycles. The monoisotopic (exact) mass is 139 g/mol. The summed E-state index contributed by atoms with van der Waals surface area (Å²) in [6.07, 6.45) is 5.77. The van der Waals surface area contributed by atoms with Crippen LogP contribution < -0.4 is 5.73 Å². The van der Waals surface area contributed by atoms with Crippen molar-refractivity contribution in [2.24, 2.45) is 12.8 Å². The highest BCUT2D eigenvalue weighted by Gasteiger charge is 1.95. The van der Waals surface area contributed by atoms with Gasteiger partial charge >= 0.3 is 0 Å². The van der Waals surface area contributed by atoms with Crippen LogP contribution in [0.25, 0.3) is 0 Å². The maximum atomic E-state index is 5.36. The van der Waals surface area contributed by atoms with E-state index in [1.807, 2.05) is 24.0 Å². The molecule has 2 N–H and O–H groups in total. The lowest BCUT2D eigenvalue weighted by Gasteiger charge is -1.97. The Morgan fingerprint density at radius 2 is 2.50 bits per heavy atom. The van der Waals surface area contributed by atoms with Gasteiger partial charge in [-0.15, -0.1) is 0 Å². The fourth-order valence-electron chi connectivity index (χ4n) is 0.898. The summed E-state index contributed by atoms with van der Waals surface area (Å²) >= 11 is 0. The molecule has 1 rings (SSSR count). The van der Waals surface area contributed by atoms with Gasteiger partial charge in [0.25, 0.3) is 0 Å². The lowest BCUT2D eigenvalue weighted by Crippen LogP contribution is -2.03. The molecule has 3 heteroatoms. The smallest absolute Gasteiger partial charge is 0.108 e. The summed E-state index contributed by atoms with van der Waals surface area (Å²) in [6.45, 7) is 0.743. The van der Waals surface area contributed by atoms with Gasteiger partial charge in [0.05, 0.1) is 0 Å². The second kappa shape index (κ2) is 3.37. The molecule has 0 aliphatic heterocycles. The van der Waals surface area contributed by atoms with Crippen molar-refractivity contribution in [3.05, 3.63) is 18.2 Å². The lowest BCUT2D eigenvalue weighted by atomic mass is 10.3. The molecule has 3 nitrogen and oxygen atoms in total. The van der Waals surface area contributed by atoms with Crippen molar-refractivity contribution in [3.8, 4) is 0 Å².